The second-order valence-electron chi connectivity index (χ2n) is 2.03. The smallest absolute Gasteiger partial charge is 0.314 e. The van der Waals surface area contributed by atoms with Gasteiger partial charge in [0.25, 0.3) is 0 Å². The summed E-state index contributed by atoms with van der Waals surface area (Å²) in [6.45, 7) is 0. The van der Waals surface area contributed by atoms with Gasteiger partial charge in [0.1, 0.15) is 6.04 Å². The summed E-state index contributed by atoms with van der Waals surface area (Å²) in [5, 5.41) is 0. The van der Waals surface area contributed by atoms with Crippen LogP contribution in [-0.2, 0) is 0 Å². The topological polar surface area (TPSA) is 88.4 Å². The van der Waals surface area contributed by atoms with Gasteiger partial charge in [0.2, 0.25) is 0 Å². The summed E-state index contributed by atoms with van der Waals surface area (Å²) in [5.41, 5.74) is 20.2. The molecule has 0 aromatic rings. The van der Waals surface area contributed by atoms with Gasteiger partial charge in [-0.25, -0.2) is 0 Å². The fourth-order valence-corrected chi connectivity index (χ4v) is 0.731. The molecule has 0 amide bonds. The molecule has 0 aromatic heterocycles. The van der Waals surface area contributed by atoms with Crippen molar-refractivity contribution in [2.75, 3.05) is 0 Å². The van der Waals surface area contributed by atoms with Crippen molar-refractivity contribution < 1.29 is 4.79 Å². The van der Waals surface area contributed by atoms with Crippen molar-refractivity contribution in [3.8, 4) is 0 Å². The lowest BCUT2D eigenvalue weighted by Crippen LogP contribution is -2.36. The molecule has 0 radical (unpaired) electrons. The third-order valence-electron chi connectivity index (χ3n) is 1.35. The molecule has 4 heteroatoms. The number of nitrogens with zero attached hydrogens (tertiary/aromatic N) is 2. The monoisotopic (exact) mass is 136 g/mol. The van der Waals surface area contributed by atoms with E-state index < -0.39 is 6.04 Å². The van der Waals surface area contributed by atoms with Gasteiger partial charge in [-0.3, -0.25) is 0 Å². The van der Waals surface area contributed by atoms with Crippen molar-refractivity contribution in [1.82, 2.24) is 0 Å². The summed E-state index contributed by atoms with van der Waals surface area (Å²) in [6, 6.07) is -0.463. The largest absolute Gasteiger partial charge is 0.400 e. The van der Waals surface area contributed by atoms with E-state index in [2.05, 4.69) is 4.79 Å². The average Bonchev–Trinajstić information content (AvgIpc) is 1.95. The normalized spacial score (nSPS) is 23.9. The Hall–Kier alpha value is -1.38. The molecule has 0 saturated carbocycles. The van der Waals surface area contributed by atoms with Crippen LogP contribution >= 0.6 is 0 Å². The van der Waals surface area contributed by atoms with E-state index in [1.807, 2.05) is 0 Å². The zero-order valence-corrected chi connectivity index (χ0v) is 5.36. The lowest BCUT2D eigenvalue weighted by Gasteiger charge is -2.06. The van der Waals surface area contributed by atoms with E-state index in [1.54, 1.807) is 18.2 Å². The molecule has 4 nitrogen and oxygen atoms in total. The first-order valence-electron chi connectivity index (χ1n) is 2.87. The Kier molecular flexibility index (Phi) is 1.67. The van der Waals surface area contributed by atoms with Crippen LogP contribution in [0.25, 0.3) is 5.53 Å². The maximum Gasteiger partial charge on any atom is 0.314 e. The molecule has 1 unspecified atom stereocenters. The Bertz CT molecular complexity index is 244. The van der Waals surface area contributed by atoms with Gasteiger partial charge in [0.15, 0.2) is 0 Å². The molecule has 1 aliphatic carbocycles. The van der Waals surface area contributed by atoms with E-state index in [0.717, 1.165) is 0 Å². The third-order valence-corrected chi connectivity index (χ3v) is 1.35. The van der Waals surface area contributed by atoms with Crippen LogP contribution in [0.3, 0.4) is 0 Å². The molecule has 0 saturated heterocycles. The standard InChI is InChI=1S/C6H8N4/c7-4-2-1-3-5(10-9)6(4)8/h1-3,6H,7-8H2. The van der Waals surface area contributed by atoms with Crippen molar-refractivity contribution in [2.24, 2.45) is 11.5 Å². The number of hydrogen-bond acceptors (Lipinski definition) is 2. The van der Waals surface area contributed by atoms with Gasteiger partial charge in [-0.15, -0.1) is 0 Å². The maximum atomic E-state index is 8.35. The molecule has 0 aliphatic heterocycles. The highest BCUT2D eigenvalue weighted by atomic mass is 14.9. The Balaban J connectivity index is 3.00. The minimum Gasteiger partial charge on any atom is -0.400 e. The van der Waals surface area contributed by atoms with E-state index in [4.69, 9.17) is 17.0 Å². The molecule has 4 N–H and O–H groups in total. The molecule has 10 heavy (non-hydrogen) atoms. The Morgan fingerprint density at radius 2 is 2.30 bits per heavy atom. The quantitative estimate of drug-likeness (QED) is 0.344. The predicted molar refractivity (Wildman–Crippen MR) is 38.0 cm³/mol. The average molecular weight is 136 g/mol. The van der Waals surface area contributed by atoms with E-state index in [-0.39, 0.29) is 0 Å². The van der Waals surface area contributed by atoms with Crippen LogP contribution in [0.4, 0.5) is 0 Å². The van der Waals surface area contributed by atoms with Crippen LogP contribution in [0.15, 0.2) is 23.9 Å². The van der Waals surface area contributed by atoms with Crippen LogP contribution in [0.2, 0.25) is 0 Å². The van der Waals surface area contributed by atoms with Crippen LogP contribution in [0.5, 0.6) is 0 Å². The summed E-state index contributed by atoms with van der Waals surface area (Å²) in [4.78, 5) is 2.96. The van der Waals surface area contributed by atoms with E-state index in [9.17, 15) is 0 Å². The zero-order valence-electron chi connectivity index (χ0n) is 5.36. The first-order chi connectivity index (χ1) is 4.75. The van der Waals surface area contributed by atoms with Crippen molar-refractivity contribution in [1.29, 1.82) is 0 Å². The Morgan fingerprint density at radius 3 is 2.80 bits per heavy atom. The minimum atomic E-state index is -0.463. The van der Waals surface area contributed by atoms with Crippen molar-refractivity contribution in [2.45, 2.75) is 6.04 Å². The molecule has 1 atom stereocenters. The van der Waals surface area contributed by atoms with Gasteiger partial charge in [-0.05, 0) is 6.08 Å². The second-order valence-corrected chi connectivity index (χ2v) is 2.03. The second kappa shape index (κ2) is 2.47. The molecule has 1 rings (SSSR count). The molecular weight excluding hydrogens is 128 g/mol. The van der Waals surface area contributed by atoms with Gasteiger partial charge in [-0.1, -0.05) is 6.08 Å². The fraction of sp³-hybridized carbons (Fsp3) is 0.167. The van der Waals surface area contributed by atoms with Gasteiger partial charge in [0.05, 0.1) is 0 Å². The van der Waals surface area contributed by atoms with E-state index in [0.29, 0.717) is 11.4 Å². The van der Waals surface area contributed by atoms with Crippen molar-refractivity contribution >= 4 is 5.71 Å². The summed E-state index contributed by atoms with van der Waals surface area (Å²) in [7, 11) is 0. The highest BCUT2D eigenvalue weighted by molar-refractivity contribution is 5.98. The maximum absolute atomic E-state index is 8.35. The van der Waals surface area contributed by atoms with E-state index >= 15 is 0 Å². The van der Waals surface area contributed by atoms with Crippen LogP contribution in [0, 0.1) is 0 Å². The highest BCUT2D eigenvalue weighted by Crippen LogP contribution is 2.00. The summed E-state index contributed by atoms with van der Waals surface area (Å²) in [6.07, 6.45) is 4.98. The van der Waals surface area contributed by atoms with Crippen molar-refractivity contribution in [3.05, 3.63) is 29.5 Å². The first-order valence-corrected chi connectivity index (χ1v) is 2.87. The number of rotatable bonds is 0. The van der Waals surface area contributed by atoms with Crippen LogP contribution in [-0.4, -0.2) is 16.5 Å². The zero-order chi connectivity index (χ0) is 7.56. The predicted octanol–water partition coefficient (Wildman–Crippen LogP) is -0.603. The number of allylic oxidation sites excluding steroid dienone is 2. The molecular formula is C6H8N4. The van der Waals surface area contributed by atoms with Gasteiger partial charge in [-0.2, -0.15) is 4.79 Å². The SMILES string of the molecule is [N-]=[N+]=C1C=CC=C(N)C1N. The molecule has 0 heterocycles. The molecule has 1 aliphatic rings. The first kappa shape index (κ1) is 6.74. The van der Waals surface area contributed by atoms with E-state index in [1.165, 1.54) is 0 Å². The van der Waals surface area contributed by atoms with Crippen LogP contribution in [0.1, 0.15) is 0 Å². The molecule has 0 bridgehead atoms. The number of nitrogens with two attached hydrogens (primary N) is 2. The third kappa shape index (κ3) is 0.978. The molecule has 52 valence electrons. The summed E-state index contributed by atoms with van der Waals surface area (Å²) < 4.78 is 0. The lowest BCUT2D eigenvalue weighted by molar-refractivity contribution is -0.00695. The molecule has 0 fully saturated rings. The minimum absolute atomic E-state index is 0.389. The lowest BCUT2D eigenvalue weighted by atomic mass is 10.0. The van der Waals surface area contributed by atoms with Crippen LogP contribution < -0.4 is 11.5 Å². The fourth-order valence-electron chi connectivity index (χ4n) is 0.731. The molecule has 0 aromatic carbocycles. The van der Waals surface area contributed by atoms with Gasteiger partial charge >= 0.3 is 5.71 Å². The summed E-state index contributed by atoms with van der Waals surface area (Å²) >= 11 is 0. The van der Waals surface area contributed by atoms with Crippen molar-refractivity contribution in [3.63, 3.8) is 0 Å². The summed E-state index contributed by atoms with van der Waals surface area (Å²) in [5.74, 6) is 0. The number of hydrogen-bond donors (Lipinski definition) is 2. The Labute approximate surface area is 58.4 Å². The van der Waals surface area contributed by atoms with Gasteiger partial charge < -0.3 is 17.0 Å². The Morgan fingerprint density at radius 1 is 1.60 bits per heavy atom. The highest BCUT2D eigenvalue weighted by Gasteiger charge is 2.20. The van der Waals surface area contributed by atoms with Gasteiger partial charge in [0, 0.05) is 11.8 Å². The molecule has 0 spiro atoms.